The molecule has 0 N–H and O–H groups in total. The maximum atomic E-state index is 3.74. The molecule has 0 aliphatic carbocycles. The van der Waals surface area contributed by atoms with Gasteiger partial charge in [0.15, 0.2) is 0 Å². The molecule has 0 unspecified atom stereocenters. The third-order valence-corrected chi connectivity index (χ3v) is 1.70. The molecule has 5 radical (unpaired) electrons. The fourth-order valence-corrected chi connectivity index (χ4v) is 0.595. The van der Waals surface area contributed by atoms with Gasteiger partial charge in [0.1, 0.15) is 7.05 Å². The van der Waals surface area contributed by atoms with E-state index in [1.165, 1.54) is 0 Å². The molecule has 95 valence electrons. The van der Waals surface area contributed by atoms with Crippen molar-refractivity contribution in [1.82, 2.24) is 4.90 Å². The second-order valence-electron chi connectivity index (χ2n) is 3.13. The van der Waals surface area contributed by atoms with Crippen LogP contribution in [0.1, 0.15) is 6.92 Å². The molecule has 0 aromatic rings. The molecule has 0 heterocycles. The molecule has 0 aromatic heterocycles. The number of hydrogen-bond donors (Lipinski definition) is 0. The van der Waals surface area contributed by atoms with E-state index in [9.17, 15) is 0 Å². The van der Waals surface area contributed by atoms with Gasteiger partial charge in [-0.05, 0) is 7.05 Å². The van der Waals surface area contributed by atoms with E-state index in [-0.39, 0.29) is 164 Å². The van der Waals surface area contributed by atoms with Crippen LogP contribution in [0.3, 0.4) is 0 Å². The van der Waals surface area contributed by atoms with Gasteiger partial charge in [-0.3, -0.25) is 6.92 Å². The zero-order valence-electron chi connectivity index (χ0n) is 12.3. The summed E-state index contributed by atoms with van der Waals surface area (Å²) < 4.78 is 1.89. The van der Waals surface area contributed by atoms with Crippen LogP contribution in [0, 0.1) is 20.0 Å². The van der Waals surface area contributed by atoms with Gasteiger partial charge >= 0.3 is 0 Å². The number of hydrogen-bond acceptors (Lipinski definition) is 1. The van der Waals surface area contributed by atoms with Crippen molar-refractivity contribution in [2.75, 3.05) is 27.2 Å². The van der Waals surface area contributed by atoms with Crippen LogP contribution in [-0.4, -0.2) is 42.9 Å². The van der Waals surface area contributed by atoms with E-state index < -0.39 is 0 Å². The molecule has 2 nitrogen and oxygen atoms in total. The molecule has 0 amide bonds. The Balaban J connectivity index is -0.0000000845. The first-order valence-electron chi connectivity index (χ1n) is 4.63. The van der Waals surface area contributed by atoms with E-state index in [2.05, 4.69) is 26.3 Å². The van der Waals surface area contributed by atoms with Crippen LogP contribution in [0.25, 0.3) is 0 Å². The summed E-state index contributed by atoms with van der Waals surface area (Å²) >= 11 is 0. The van der Waals surface area contributed by atoms with Crippen molar-refractivity contribution < 1.29 is 168 Å². The predicted octanol–water partition coefficient (Wildman–Crippen LogP) is 1.43. The zero-order valence-corrected chi connectivity index (χ0v) is 26.5. The van der Waals surface area contributed by atoms with E-state index in [1.54, 1.807) is 0 Å². The summed E-state index contributed by atoms with van der Waals surface area (Å²) in [6.45, 7) is 10.9. The Morgan fingerprint density at radius 3 is 2.00 bits per heavy atom. The van der Waals surface area contributed by atoms with Gasteiger partial charge in [-0.2, -0.15) is 12.3 Å². The van der Waals surface area contributed by atoms with Crippen LogP contribution < -0.4 is 0 Å². The van der Waals surface area contributed by atoms with Gasteiger partial charge in [0.2, 0.25) is 0 Å². The Morgan fingerprint density at radius 2 is 1.63 bits per heavy atom. The summed E-state index contributed by atoms with van der Waals surface area (Å²) in [5.74, 6) is 0. The summed E-state index contributed by atoms with van der Waals surface area (Å²) in [6.07, 6.45) is 9.98. The maximum Gasteiger partial charge on any atom is 0.113 e. The van der Waals surface area contributed by atoms with Crippen LogP contribution in [-0.2, 0) is 164 Å². The van der Waals surface area contributed by atoms with Crippen molar-refractivity contribution in [3.63, 3.8) is 0 Å². The topological polar surface area (TPSA) is 6.25 Å². The van der Waals surface area contributed by atoms with Crippen molar-refractivity contribution in [3.05, 3.63) is 37.8 Å². The van der Waals surface area contributed by atoms with Crippen LogP contribution in [0.2, 0.25) is 0 Å². The van der Waals surface area contributed by atoms with E-state index in [0.717, 1.165) is 18.7 Å². The minimum Gasteiger partial charge on any atom is -0.494 e. The second kappa shape index (κ2) is 27.3. The Morgan fingerprint density at radius 1 is 1.16 bits per heavy atom. The van der Waals surface area contributed by atoms with Crippen LogP contribution in [0.15, 0.2) is 17.7 Å². The van der Waals surface area contributed by atoms with Crippen LogP contribution in [0.4, 0.5) is 0 Å². The summed E-state index contributed by atoms with van der Waals surface area (Å²) in [7, 11) is 3.87. The third kappa shape index (κ3) is 27.6. The Bertz CT molecular complexity index is 253. The quantitative estimate of drug-likeness (QED) is 0.146. The number of allylic oxidation sites excluding steroid dienone is 3. The third-order valence-electron chi connectivity index (χ3n) is 1.70. The first-order chi connectivity index (χ1) is 6.60. The minimum absolute atomic E-state index is 0. The fourth-order valence-electron chi connectivity index (χ4n) is 0.595. The normalized spacial score (nSPS) is 10.2. The molecule has 0 aliphatic heterocycles. The first kappa shape index (κ1) is 38.8. The van der Waals surface area contributed by atoms with E-state index in [1.807, 2.05) is 42.6 Å². The molecule has 7 heteroatoms. The average Bonchev–Trinajstić information content (AvgIpc) is 2.22. The van der Waals surface area contributed by atoms with Crippen molar-refractivity contribution in [1.29, 1.82) is 0 Å². The summed E-state index contributed by atoms with van der Waals surface area (Å²) in [4.78, 5) is 1.89. The molecular formula is C12H19N2Y5-3. The van der Waals surface area contributed by atoms with Crippen LogP contribution in [0.5, 0.6) is 0 Å². The fraction of sp³-hybridized carbons (Fsp3) is 0.417. The molecule has 19 heavy (non-hydrogen) atoms. The summed E-state index contributed by atoms with van der Waals surface area (Å²) in [6, 6.07) is 0. The van der Waals surface area contributed by atoms with Gasteiger partial charge in [-0.1, -0.05) is 0 Å². The predicted molar refractivity (Wildman–Crippen MR) is 61.0 cm³/mol. The van der Waals surface area contributed by atoms with E-state index in [4.69, 9.17) is 0 Å². The van der Waals surface area contributed by atoms with Gasteiger partial charge in [0.05, 0.1) is 0 Å². The van der Waals surface area contributed by atoms with Gasteiger partial charge in [-0.15, -0.1) is 13.5 Å². The van der Waals surface area contributed by atoms with Crippen molar-refractivity contribution in [2.45, 2.75) is 6.92 Å². The van der Waals surface area contributed by atoms with E-state index in [0.29, 0.717) is 0 Å². The minimum atomic E-state index is 0. The Labute approximate surface area is 245 Å². The molecule has 0 saturated carbocycles. The van der Waals surface area contributed by atoms with Gasteiger partial charge in [-0.25, -0.2) is 11.6 Å². The summed E-state index contributed by atoms with van der Waals surface area (Å²) in [5, 5.41) is 0. The van der Waals surface area contributed by atoms with Crippen LogP contribution >= 0.6 is 0 Å². The van der Waals surface area contributed by atoms with Crippen molar-refractivity contribution >= 4 is 6.21 Å². The molecule has 0 atom stereocenters. The smallest absolute Gasteiger partial charge is 0.113 e. The summed E-state index contributed by atoms with van der Waals surface area (Å²) in [5.41, 5.74) is 1.10. The molecular weight excluding hydrogens is 617 g/mol. The number of rotatable bonds is 5. The molecule has 0 bridgehead atoms. The Kier molecular flexibility index (Phi) is 55.8. The SMILES string of the molecule is [CH2-]CN(C)[C-]=CC(C)=C[C-]=[N+](C)C[CH2-].[Y].[Y].[Y].[Y].[Y]. The van der Waals surface area contributed by atoms with Gasteiger partial charge in [0, 0.05) is 176 Å². The largest absolute Gasteiger partial charge is 0.494 e. The van der Waals surface area contributed by atoms with Gasteiger partial charge in [0.25, 0.3) is 0 Å². The second-order valence-corrected chi connectivity index (χ2v) is 3.13. The van der Waals surface area contributed by atoms with Crippen molar-refractivity contribution in [2.24, 2.45) is 0 Å². The Hall–Kier alpha value is 4.47. The molecule has 0 rings (SSSR count). The number of nitrogens with zero attached hydrogens (tertiary/aromatic N) is 2. The standard InChI is InChI=1S/C12H19N2.5Y/c1-6-13(4)10-8-12(3)9-11-14(5)7-2;;;;;/h8-9H,1-2,6-7H2,3-5H3;;;;;/q-3;;;;;. The molecule has 0 fully saturated rings. The average molecular weight is 636 g/mol. The van der Waals surface area contributed by atoms with E-state index >= 15 is 0 Å². The molecule has 0 saturated heterocycles. The van der Waals surface area contributed by atoms with Crippen molar-refractivity contribution in [3.8, 4) is 0 Å². The monoisotopic (exact) mass is 636 g/mol. The molecule has 0 spiro atoms. The molecule has 0 aliphatic rings. The zero-order chi connectivity index (χ0) is 11.0. The maximum absolute atomic E-state index is 3.74. The first-order valence-corrected chi connectivity index (χ1v) is 4.63. The molecule has 0 aromatic carbocycles. The van der Waals surface area contributed by atoms with Gasteiger partial charge < -0.3 is 16.4 Å².